The molecule has 0 atom stereocenters. The molecule has 1 amide bonds. The van der Waals surface area contributed by atoms with Gasteiger partial charge in [-0.25, -0.2) is 18.2 Å². The molecule has 1 aromatic heterocycles. The molecule has 122 valence electrons. The van der Waals surface area contributed by atoms with E-state index in [9.17, 15) is 18.0 Å². The van der Waals surface area contributed by atoms with Crippen molar-refractivity contribution >= 4 is 21.6 Å². The van der Waals surface area contributed by atoms with Crippen molar-refractivity contribution < 1.29 is 13.2 Å². The number of rotatable bonds is 5. The number of amides is 1. The Hall–Kier alpha value is -2.52. The number of nitrogens with two attached hydrogens (primary N) is 1. The SMILES string of the molecule is CCCn1nc(C(=O)Nc2ccc(S(N)(=O)=O)cc2)ccc1=O. The summed E-state index contributed by atoms with van der Waals surface area (Å²) in [4.78, 5) is 23.7. The first kappa shape index (κ1) is 16.8. The van der Waals surface area contributed by atoms with Crippen LogP contribution >= 0.6 is 0 Å². The van der Waals surface area contributed by atoms with Gasteiger partial charge < -0.3 is 5.32 Å². The Morgan fingerprint density at radius 2 is 1.87 bits per heavy atom. The van der Waals surface area contributed by atoms with Crippen LogP contribution in [0.4, 0.5) is 5.69 Å². The number of aryl methyl sites for hydroxylation is 1. The van der Waals surface area contributed by atoms with Crippen molar-refractivity contribution in [1.29, 1.82) is 0 Å². The average molecular weight is 336 g/mol. The Morgan fingerprint density at radius 1 is 1.22 bits per heavy atom. The molecule has 0 saturated carbocycles. The zero-order valence-electron chi connectivity index (χ0n) is 12.4. The van der Waals surface area contributed by atoms with E-state index in [1.54, 1.807) is 0 Å². The highest BCUT2D eigenvalue weighted by molar-refractivity contribution is 7.89. The number of hydrogen-bond acceptors (Lipinski definition) is 5. The Kier molecular flexibility index (Phi) is 4.92. The van der Waals surface area contributed by atoms with Crippen molar-refractivity contribution in [3.63, 3.8) is 0 Å². The second-order valence-electron chi connectivity index (χ2n) is 4.80. The highest BCUT2D eigenvalue weighted by Crippen LogP contribution is 2.13. The number of hydrogen-bond donors (Lipinski definition) is 2. The Balaban J connectivity index is 2.19. The van der Waals surface area contributed by atoms with Gasteiger partial charge in [0.2, 0.25) is 10.0 Å². The molecular weight excluding hydrogens is 320 g/mol. The molecule has 0 aliphatic heterocycles. The topological polar surface area (TPSA) is 124 Å². The lowest BCUT2D eigenvalue weighted by Gasteiger charge is -2.07. The Morgan fingerprint density at radius 3 is 2.43 bits per heavy atom. The third-order valence-electron chi connectivity index (χ3n) is 2.98. The molecule has 0 radical (unpaired) electrons. The molecule has 2 aromatic rings. The van der Waals surface area contributed by atoms with E-state index in [0.717, 1.165) is 0 Å². The van der Waals surface area contributed by atoms with Crippen LogP contribution in [0, 0.1) is 0 Å². The zero-order chi connectivity index (χ0) is 17.0. The van der Waals surface area contributed by atoms with E-state index in [4.69, 9.17) is 5.14 Å². The number of benzene rings is 1. The molecule has 3 N–H and O–H groups in total. The summed E-state index contributed by atoms with van der Waals surface area (Å²) in [5.74, 6) is -0.502. The summed E-state index contributed by atoms with van der Waals surface area (Å²) in [7, 11) is -3.78. The monoisotopic (exact) mass is 336 g/mol. The minimum absolute atomic E-state index is 0.0508. The van der Waals surface area contributed by atoms with Crippen LogP contribution in [0.1, 0.15) is 23.8 Å². The van der Waals surface area contributed by atoms with Gasteiger partial charge in [0.05, 0.1) is 4.90 Å². The smallest absolute Gasteiger partial charge is 0.276 e. The molecule has 1 heterocycles. The number of aromatic nitrogens is 2. The number of nitrogens with zero attached hydrogens (tertiary/aromatic N) is 2. The zero-order valence-corrected chi connectivity index (χ0v) is 13.2. The first-order chi connectivity index (χ1) is 10.8. The maximum absolute atomic E-state index is 12.1. The van der Waals surface area contributed by atoms with Crippen molar-refractivity contribution in [1.82, 2.24) is 9.78 Å². The summed E-state index contributed by atoms with van der Waals surface area (Å²) < 4.78 is 23.6. The van der Waals surface area contributed by atoms with Crippen LogP contribution < -0.4 is 16.0 Å². The number of primary sulfonamides is 1. The van der Waals surface area contributed by atoms with Gasteiger partial charge in [-0.05, 0) is 36.8 Å². The van der Waals surface area contributed by atoms with Gasteiger partial charge in [-0.2, -0.15) is 5.10 Å². The molecule has 2 rings (SSSR count). The van der Waals surface area contributed by atoms with Crippen LogP contribution in [0.2, 0.25) is 0 Å². The van der Waals surface area contributed by atoms with Gasteiger partial charge in [0.25, 0.3) is 11.5 Å². The standard InChI is InChI=1S/C14H16N4O4S/c1-2-9-18-13(19)8-7-12(17-18)14(20)16-10-3-5-11(6-4-10)23(15,21)22/h3-8H,2,9H2,1H3,(H,16,20)(H2,15,21,22). The molecule has 8 nitrogen and oxygen atoms in total. The van der Waals surface area contributed by atoms with E-state index in [0.29, 0.717) is 18.7 Å². The summed E-state index contributed by atoms with van der Waals surface area (Å²) in [5.41, 5.74) is 0.201. The van der Waals surface area contributed by atoms with E-state index in [1.165, 1.54) is 41.1 Å². The predicted octanol–water partition coefficient (Wildman–Crippen LogP) is 0.553. The minimum atomic E-state index is -3.78. The third kappa shape index (κ3) is 4.24. The molecule has 0 aliphatic carbocycles. The second kappa shape index (κ2) is 6.71. The summed E-state index contributed by atoms with van der Waals surface area (Å²) in [6.45, 7) is 2.32. The van der Waals surface area contributed by atoms with Crippen LogP contribution in [0.25, 0.3) is 0 Å². The number of nitrogens with one attached hydrogen (secondary N) is 1. The van der Waals surface area contributed by atoms with Crippen molar-refractivity contribution in [2.24, 2.45) is 5.14 Å². The second-order valence-corrected chi connectivity index (χ2v) is 6.36. The molecule has 0 saturated heterocycles. The predicted molar refractivity (Wildman–Crippen MR) is 84.6 cm³/mol. The summed E-state index contributed by atoms with van der Waals surface area (Å²) in [6, 6.07) is 8.02. The number of carbonyl (C=O) groups is 1. The summed E-state index contributed by atoms with van der Waals surface area (Å²) in [5, 5.41) is 11.6. The molecule has 1 aromatic carbocycles. The third-order valence-corrected chi connectivity index (χ3v) is 3.90. The first-order valence-electron chi connectivity index (χ1n) is 6.83. The molecule has 0 unspecified atom stereocenters. The van der Waals surface area contributed by atoms with Gasteiger partial charge in [0.15, 0.2) is 0 Å². The van der Waals surface area contributed by atoms with E-state index < -0.39 is 15.9 Å². The Labute approximate surface area is 133 Å². The molecule has 0 aliphatic rings. The van der Waals surface area contributed by atoms with Gasteiger partial charge in [-0.3, -0.25) is 9.59 Å². The van der Waals surface area contributed by atoms with Crippen molar-refractivity contribution in [3.05, 3.63) is 52.4 Å². The van der Waals surface area contributed by atoms with Crippen molar-refractivity contribution in [3.8, 4) is 0 Å². The molecule has 9 heteroatoms. The van der Waals surface area contributed by atoms with Crippen LogP contribution in [0.5, 0.6) is 0 Å². The molecule has 0 spiro atoms. The lowest BCUT2D eigenvalue weighted by Crippen LogP contribution is -2.26. The van der Waals surface area contributed by atoms with Crippen LogP contribution in [0.15, 0.2) is 46.1 Å². The lowest BCUT2D eigenvalue weighted by atomic mass is 10.3. The van der Waals surface area contributed by atoms with Gasteiger partial charge in [0, 0.05) is 18.3 Å². The average Bonchev–Trinajstić information content (AvgIpc) is 2.49. The van der Waals surface area contributed by atoms with E-state index in [-0.39, 0.29) is 16.1 Å². The number of anilines is 1. The Bertz CT molecular complexity index is 872. The molecule has 0 fully saturated rings. The quantitative estimate of drug-likeness (QED) is 0.825. The molecule has 0 bridgehead atoms. The fraction of sp³-hybridized carbons (Fsp3) is 0.214. The van der Waals surface area contributed by atoms with E-state index in [2.05, 4.69) is 10.4 Å². The van der Waals surface area contributed by atoms with E-state index in [1.807, 2.05) is 6.92 Å². The highest BCUT2D eigenvalue weighted by atomic mass is 32.2. The lowest BCUT2D eigenvalue weighted by molar-refractivity contribution is 0.101. The van der Waals surface area contributed by atoms with Gasteiger partial charge in [-0.1, -0.05) is 6.92 Å². The van der Waals surface area contributed by atoms with Gasteiger partial charge in [-0.15, -0.1) is 0 Å². The normalized spacial score (nSPS) is 11.2. The maximum atomic E-state index is 12.1. The van der Waals surface area contributed by atoms with Gasteiger partial charge >= 0.3 is 0 Å². The van der Waals surface area contributed by atoms with Gasteiger partial charge in [0.1, 0.15) is 5.69 Å². The van der Waals surface area contributed by atoms with E-state index >= 15 is 0 Å². The van der Waals surface area contributed by atoms with Crippen molar-refractivity contribution in [2.45, 2.75) is 24.8 Å². The minimum Gasteiger partial charge on any atom is -0.321 e. The number of carbonyl (C=O) groups excluding carboxylic acids is 1. The highest BCUT2D eigenvalue weighted by Gasteiger charge is 2.11. The molecule has 23 heavy (non-hydrogen) atoms. The van der Waals surface area contributed by atoms with Crippen LogP contribution in [-0.4, -0.2) is 24.1 Å². The van der Waals surface area contributed by atoms with Crippen LogP contribution in [-0.2, 0) is 16.6 Å². The fourth-order valence-corrected chi connectivity index (χ4v) is 2.38. The number of sulfonamides is 1. The molecular formula is C14H16N4O4S. The fourth-order valence-electron chi connectivity index (χ4n) is 1.87. The maximum Gasteiger partial charge on any atom is 0.276 e. The first-order valence-corrected chi connectivity index (χ1v) is 8.38. The summed E-state index contributed by atoms with van der Waals surface area (Å²) in [6.07, 6.45) is 0.715. The largest absolute Gasteiger partial charge is 0.321 e. The van der Waals surface area contributed by atoms with Crippen molar-refractivity contribution in [2.75, 3.05) is 5.32 Å². The summed E-state index contributed by atoms with van der Waals surface area (Å²) >= 11 is 0. The van der Waals surface area contributed by atoms with Crippen LogP contribution in [0.3, 0.4) is 0 Å².